The number of esters is 1. The largest absolute Gasteiger partial charge is 0.469 e. The molecule has 4 nitrogen and oxygen atoms in total. The predicted molar refractivity (Wildman–Crippen MR) is 82.3 cm³/mol. The summed E-state index contributed by atoms with van der Waals surface area (Å²) in [5.41, 5.74) is 2.60. The molecule has 2 aromatic rings. The summed E-state index contributed by atoms with van der Waals surface area (Å²) in [5, 5.41) is 13.4. The van der Waals surface area contributed by atoms with Crippen LogP contribution in [0, 0.1) is 5.92 Å². The summed E-state index contributed by atoms with van der Waals surface area (Å²) in [5.74, 6) is -1.02. The number of nitrogens with one attached hydrogen (secondary N) is 1. The van der Waals surface area contributed by atoms with E-state index in [9.17, 15) is 9.90 Å². The van der Waals surface area contributed by atoms with Gasteiger partial charge in [0, 0.05) is 11.4 Å². The molecule has 0 fully saturated rings. The minimum absolute atomic E-state index is 0.422. The molecule has 2 N–H and O–H groups in total. The molecular formula is C17H19NO3. The van der Waals surface area contributed by atoms with E-state index < -0.39 is 18.0 Å². The molecule has 2 rings (SSSR count). The van der Waals surface area contributed by atoms with Crippen molar-refractivity contribution in [1.29, 1.82) is 0 Å². The van der Waals surface area contributed by atoms with E-state index >= 15 is 0 Å². The maximum absolute atomic E-state index is 11.4. The first-order chi connectivity index (χ1) is 10.1. The molecule has 110 valence electrons. The molecule has 2 atom stereocenters. The first-order valence-electron chi connectivity index (χ1n) is 6.79. The Kier molecular flexibility index (Phi) is 4.95. The van der Waals surface area contributed by atoms with Gasteiger partial charge in [0.1, 0.15) is 0 Å². The summed E-state index contributed by atoms with van der Waals surface area (Å²) in [6.07, 6.45) is -0.872. The molecule has 2 aromatic carbocycles. The van der Waals surface area contributed by atoms with Crippen LogP contribution in [0.2, 0.25) is 0 Å². The zero-order valence-corrected chi connectivity index (χ0v) is 12.1. The van der Waals surface area contributed by atoms with Gasteiger partial charge in [-0.25, -0.2) is 0 Å². The van der Waals surface area contributed by atoms with Crippen LogP contribution < -0.4 is 5.32 Å². The first-order valence-corrected chi connectivity index (χ1v) is 6.79. The molecule has 0 bridgehead atoms. The zero-order valence-electron chi connectivity index (χ0n) is 12.1. The van der Waals surface area contributed by atoms with Crippen LogP contribution in [0.5, 0.6) is 0 Å². The van der Waals surface area contributed by atoms with Crippen molar-refractivity contribution < 1.29 is 14.6 Å². The third kappa shape index (κ3) is 3.83. The van der Waals surface area contributed by atoms with Gasteiger partial charge in [0.2, 0.25) is 0 Å². The van der Waals surface area contributed by atoms with Crippen LogP contribution >= 0.6 is 0 Å². The Morgan fingerprint density at radius 1 is 1.05 bits per heavy atom. The van der Waals surface area contributed by atoms with Gasteiger partial charge in [0.05, 0.1) is 19.1 Å². The quantitative estimate of drug-likeness (QED) is 0.828. The van der Waals surface area contributed by atoms with Crippen molar-refractivity contribution in [3.8, 4) is 0 Å². The lowest BCUT2D eigenvalue weighted by molar-refractivity contribution is -0.148. The van der Waals surface area contributed by atoms with Crippen LogP contribution in [-0.4, -0.2) is 18.2 Å². The van der Waals surface area contributed by atoms with Crippen molar-refractivity contribution in [2.24, 2.45) is 5.92 Å². The van der Waals surface area contributed by atoms with E-state index in [1.807, 2.05) is 42.5 Å². The molecule has 0 amide bonds. The fraction of sp³-hybridized carbons (Fsp3) is 0.235. The molecule has 21 heavy (non-hydrogen) atoms. The Morgan fingerprint density at radius 2 is 1.62 bits per heavy atom. The molecule has 0 saturated carbocycles. The lowest BCUT2D eigenvalue weighted by atomic mass is 9.97. The molecule has 0 aliphatic carbocycles. The van der Waals surface area contributed by atoms with E-state index in [4.69, 9.17) is 0 Å². The number of ether oxygens (including phenoxy) is 1. The highest BCUT2D eigenvalue weighted by Crippen LogP contribution is 2.25. The van der Waals surface area contributed by atoms with Gasteiger partial charge < -0.3 is 15.2 Å². The minimum Gasteiger partial charge on any atom is -0.469 e. The summed E-state index contributed by atoms with van der Waals surface area (Å²) in [4.78, 5) is 11.4. The van der Waals surface area contributed by atoms with E-state index in [2.05, 4.69) is 10.1 Å². The molecule has 0 aromatic heterocycles. The van der Waals surface area contributed by atoms with Gasteiger partial charge in [-0.1, -0.05) is 30.3 Å². The topological polar surface area (TPSA) is 58.6 Å². The van der Waals surface area contributed by atoms with Gasteiger partial charge in [-0.2, -0.15) is 0 Å². The Balaban J connectivity index is 2.06. The SMILES string of the molecule is COC(=O)[C@H](C)[C@@H](O)c1ccc(Nc2ccccc2)cc1. The lowest BCUT2D eigenvalue weighted by Crippen LogP contribution is -2.20. The third-order valence-corrected chi connectivity index (χ3v) is 3.36. The summed E-state index contributed by atoms with van der Waals surface area (Å²) in [6.45, 7) is 1.65. The number of hydrogen-bond donors (Lipinski definition) is 2. The summed E-state index contributed by atoms with van der Waals surface area (Å²) < 4.78 is 4.65. The van der Waals surface area contributed by atoms with Crippen molar-refractivity contribution >= 4 is 17.3 Å². The smallest absolute Gasteiger partial charge is 0.311 e. The van der Waals surface area contributed by atoms with E-state index in [0.717, 1.165) is 11.4 Å². The molecule has 0 unspecified atom stereocenters. The molecule has 0 heterocycles. The number of anilines is 2. The zero-order chi connectivity index (χ0) is 15.2. The van der Waals surface area contributed by atoms with Crippen molar-refractivity contribution in [3.05, 3.63) is 60.2 Å². The van der Waals surface area contributed by atoms with Crippen LogP contribution in [0.3, 0.4) is 0 Å². The van der Waals surface area contributed by atoms with E-state index in [1.165, 1.54) is 7.11 Å². The van der Waals surface area contributed by atoms with E-state index in [1.54, 1.807) is 19.1 Å². The normalized spacial score (nSPS) is 13.3. The van der Waals surface area contributed by atoms with Gasteiger partial charge in [-0.3, -0.25) is 4.79 Å². The van der Waals surface area contributed by atoms with Gasteiger partial charge in [0.15, 0.2) is 0 Å². The molecule has 0 saturated heterocycles. The third-order valence-electron chi connectivity index (χ3n) is 3.36. The van der Waals surface area contributed by atoms with Crippen LogP contribution in [0.15, 0.2) is 54.6 Å². The number of carbonyl (C=O) groups excluding carboxylic acids is 1. The van der Waals surface area contributed by atoms with Crippen LogP contribution in [0.4, 0.5) is 11.4 Å². The fourth-order valence-corrected chi connectivity index (χ4v) is 2.06. The second kappa shape index (κ2) is 6.90. The van der Waals surface area contributed by atoms with Crippen molar-refractivity contribution in [1.82, 2.24) is 0 Å². The Hall–Kier alpha value is -2.33. The number of hydrogen-bond acceptors (Lipinski definition) is 4. The highest BCUT2D eigenvalue weighted by atomic mass is 16.5. The van der Waals surface area contributed by atoms with Gasteiger partial charge in [0.25, 0.3) is 0 Å². The highest BCUT2D eigenvalue weighted by molar-refractivity contribution is 5.72. The fourth-order valence-electron chi connectivity index (χ4n) is 2.06. The summed E-state index contributed by atoms with van der Waals surface area (Å²) in [6, 6.07) is 17.2. The standard InChI is InChI=1S/C17H19NO3/c1-12(17(20)21-2)16(19)13-8-10-15(11-9-13)18-14-6-4-3-5-7-14/h3-12,16,18-19H,1-2H3/t12-,16-/m1/s1. The number of para-hydroxylation sites is 1. The maximum atomic E-state index is 11.4. The number of rotatable bonds is 5. The van der Waals surface area contributed by atoms with E-state index in [-0.39, 0.29) is 0 Å². The van der Waals surface area contributed by atoms with Crippen LogP contribution in [0.1, 0.15) is 18.6 Å². The maximum Gasteiger partial charge on any atom is 0.311 e. The van der Waals surface area contributed by atoms with Crippen molar-refractivity contribution in [2.75, 3.05) is 12.4 Å². The number of carbonyl (C=O) groups is 1. The first kappa shape index (κ1) is 15.1. The summed E-state index contributed by atoms with van der Waals surface area (Å²) >= 11 is 0. The number of methoxy groups -OCH3 is 1. The Morgan fingerprint density at radius 3 is 2.19 bits per heavy atom. The average Bonchev–Trinajstić information content (AvgIpc) is 2.54. The lowest BCUT2D eigenvalue weighted by Gasteiger charge is -2.17. The van der Waals surface area contributed by atoms with Gasteiger partial charge in [-0.05, 0) is 36.8 Å². The number of aliphatic hydroxyl groups excluding tert-OH is 1. The average molecular weight is 285 g/mol. The minimum atomic E-state index is -0.872. The molecule has 0 aliphatic heterocycles. The Bertz CT molecular complexity index is 581. The van der Waals surface area contributed by atoms with Gasteiger partial charge in [-0.15, -0.1) is 0 Å². The molecular weight excluding hydrogens is 266 g/mol. The van der Waals surface area contributed by atoms with Crippen LogP contribution in [-0.2, 0) is 9.53 Å². The molecule has 0 spiro atoms. The second-order valence-corrected chi connectivity index (χ2v) is 4.87. The molecule has 0 radical (unpaired) electrons. The van der Waals surface area contributed by atoms with Crippen LogP contribution in [0.25, 0.3) is 0 Å². The summed E-state index contributed by atoms with van der Waals surface area (Å²) in [7, 11) is 1.32. The number of aliphatic hydroxyl groups is 1. The van der Waals surface area contributed by atoms with Gasteiger partial charge >= 0.3 is 5.97 Å². The van der Waals surface area contributed by atoms with E-state index in [0.29, 0.717) is 5.56 Å². The molecule has 0 aliphatic rings. The predicted octanol–water partition coefficient (Wildman–Crippen LogP) is 3.27. The number of benzene rings is 2. The molecule has 4 heteroatoms. The van der Waals surface area contributed by atoms with Crippen molar-refractivity contribution in [2.45, 2.75) is 13.0 Å². The Labute approximate surface area is 124 Å². The monoisotopic (exact) mass is 285 g/mol. The van der Waals surface area contributed by atoms with Crippen molar-refractivity contribution in [3.63, 3.8) is 0 Å². The highest BCUT2D eigenvalue weighted by Gasteiger charge is 2.23. The second-order valence-electron chi connectivity index (χ2n) is 4.87.